The van der Waals surface area contributed by atoms with Gasteiger partial charge in [-0.25, -0.2) is 0 Å². The first-order valence-electron chi connectivity index (χ1n) is 6.38. The molecular formula is C13H15BrN4O. The van der Waals surface area contributed by atoms with Gasteiger partial charge in [0.25, 0.3) is 0 Å². The third-order valence-electron chi connectivity index (χ3n) is 3.47. The van der Waals surface area contributed by atoms with Crippen LogP contribution in [0, 0.1) is 0 Å². The molecular weight excluding hydrogens is 308 g/mol. The molecule has 0 bridgehead atoms. The van der Waals surface area contributed by atoms with E-state index in [2.05, 4.69) is 43.3 Å². The van der Waals surface area contributed by atoms with E-state index in [1.54, 1.807) is 6.20 Å². The maximum atomic E-state index is 5.42. The molecule has 1 atom stereocenters. The molecule has 1 unspecified atom stereocenters. The van der Waals surface area contributed by atoms with Crippen LogP contribution < -0.4 is 5.32 Å². The molecule has 0 aliphatic carbocycles. The molecule has 2 aromatic heterocycles. The summed E-state index contributed by atoms with van der Waals surface area (Å²) in [5.41, 5.74) is 0.511. The number of piperidine rings is 1. The van der Waals surface area contributed by atoms with Crippen LogP contribution >= 0.6 is 15.9 Å². The van der Waals surface area contributed by atoms with Crippen LogP contribution in [-0.4, -0.2) is 21.7 Å². The second-order valence-corrected chi connectivity index (χ2v) is 5.92. The van der Waals surface area contributed by atoms with Crippen LogP contribution in [0.4, 0.5) is 0 Å². The summed E-state index contributed by atoms with van der Waals surface area (Å²) in [5.74, 6) is 1.18. The van der Waals surface area contributed by atoms with Crippen molar-refractivity contribution in [1.29, 1.82) is 0 Å². The van der Waals surface area contributed by atoms with Gasteiger partial charge in [-0.2, -0.15) is 4.98 Å². The lowest BCUT2D eigenvalue weighted by atomic mass is 9.91. The van der Waals surface area contributed by atoms with Crippen molar-refractivity contribution in [3.8, 4) is 11.5 Å². The minimum absolute atomic E-state index is 0.209. The highest BCUT2D eigenvalue weighted by atomic mass is 79.9. The third-order valence-corrected chi connectivity index (χ3v) is 3.94. The van der Waals surface area contributed by atoms with Crippen LogP contribution in [0.3, 0.4) is 0 Å². The summed E-state index contributed by atoms with van der Waals surface area (Å²) >= 11 is 3.36. The normalized spacial score (nSPS) is 23.5. The van der Waals surface area contributed by atoms with Gasteiger partial charge < -0.3 is 9.84 Å². The van der Waals surface area contributed by atoms with Crippen LogP contribution in [0.25, 0.3) is 11.5 Å². The van der Waals surface area contributed by atoms with E-state index in [0.717, 1.165) is 23.1 Å². The molecule has 6 heteroatoms. The van der Waals surface area contributed by atoms with E-state index in [0.29, 0.717) is 11.7 Å². The number of nitrogens with zero attached hydrogens (tertiary/aromatic N) is 3. The smallest absolute Gasteiger partial charge is 0.247 e. The van der Waals surface area contributed by atoms with Gasteiger partial charge in [-0.15, -0.1) is 0 Å². The fourth-order valence-electron chi connectivity index (χ4n) is 2.30. The predicted molar refractivity (Wildman–Crippen MR) is 74.4 cm³/mol. The van der Waals surface area contributed by atoms with Crippen molar-refractivity contribution in [3.05, 3.63) is 28.7 Å². The molecule has 1 N–H and O–H groups in total. The summed E-state index contributed by atoms with van der Waals surface area (Å²) in [6.07, 6.45) is 5.12. The number of hydrogen-bond donors (Lipinski definition) is 1. The first-order chi connectivity index (χ1) is 9.17. The van der Waals surface area contributed by atoms with Gasteiger partial charge >= 0.3 is 0 Å². The van der Waals surface area contributed by atoms with Crippen LogP contribution in [0.1, 0.15) is 32.1 Å². The molecule has 2 aromatic rings. The zero-order valence-electron chi connectivity index (χ0n) is 10.7. The summed E-state index contributed by atoms with van der Waals surface area (Å²) in [6, 6.07) is 3.79. The summed E-state index contributed by atoms with van der Waals surface area (Å²) in [7, 11) is 0. The number of nitrogens with one attached hydrogen (secondary N) is 1. The van der Waals surface area contributed by atoms with Crippen molar-refractivity contribution in [2.75, 3.05) is 6.54 Å². The second kappa shape index (κ2) is 5.02. The Bertz CT molecular complexity index is 560. The molecule has 0 aromatic carbocycles. The molecule has 1 aliphatic rings. The Morgan fingerprint density at radius 1 is 1.37 bits per heavy atom. The van der Waals surface area contributed by atoms with Gasteiger partial charge in [0, 0.05) is 10.7 Å². The molecule has 1 fully saturated rings. The molecule has 3 heterocycles. The van der Waals surface area contributed by atoms with E-state index in [9.17, 15) is 0 Å². The van der Waals surface area contributed by atoms with Crippen molar-refractivity contribution in [2.45, 2.75) is 31.7 Å². The minimum Gasteiger partial charge on any atom is -0.337 e. The Morgan fingerprint density at radius 2 is 2.26 bits per heavy atom. The summed E-state index contributed by atoms with van der Waals surface area (Å²) in [4.78, 5) is 8.76. The van der Waals surface area contributed by atoms with E-state index in [1.807, 2.05) is 12.1 Å². The molecule has 0 amide bonds. The van der Waals surface area contributed by atoms with E-state index in [1.165, 1.54) is 12.8 Å². The Kier molecular flexibility index (Phi) is 3.36. The van der Waals surface area contributed by atoms with E-state index >= 15 is 0 Å². The average Bonchev–Trinajstić information content (AvgIpc) is 2.91. The van der Waals surface area contributed by atoms with Gasteiger partial charge in [0.1, 0.15) is 5.69 Å². The fourth-order valence-corrected chi connectivity index (χ4v) is 2.53. The fraction of sp³-hybridized carbons (Fsp3) is 0.462. The zero-order valence-corrected chi connectivity index (χ0v) is 12.3. The highest BCUT2D eigenvalue weighted by molar-refractivity contribution is 9.10. The number of rotatable bonds is 2. The molecule has 1 saturated heterocycles. The SMILES string of the molecule is CC1(c2nc(-c3ccc(Br)cn3)no2)CCCCN1. The topological polar surface area (TPSA) is 63.8 Å². The van der Waals surface area contributed by atoms with E-state index in [-0.39, 0.29) is 5.54 Å². The van der Waals surface area contributed by atoms with Gasteiger partial charge in [-0.05, 0) is 60.8 Å². The molecule has 3 rings (SSSR count). The molecule has 0 radical (unpaired) electrons. The van der Waals surface area contributed by atoms with Crippen LogP contribution in [0.15, 0.2) is 27.3 Å². The first-order valence-corrected chi connectivity index (χ1v) is 7.18. The molecule has 0 saturated carbocycles. The van der Waals surface area contributed by atoms with Gasteiger partial charge in [0.15, 0.2) is 0 Å². The minimum atomic E-state index is -0.209. The Hall–Kier alpha value is -1.27. The number of hydrogen-bond acceptors (Lipinski definition) is 5. The Balaban J connectivity index is 1.88. The molecule has 1 aliphatic heterocycles. The van der Waals surface area contributed by atoms with Crippen molar-refractivity contribution in [2.24, 2.45) is 0 Å². The van der Waals surface area contributed by atoms with Crippen LogP contribution in [0.2, 0.25) is 0 Å². The quantitative estimate of drug-likeness (QED) is 0.921. The highest BCUT2D eigenvalue weighted by Gasteiger charge is 2.34. The second-order valence-electron chi connectivity index (χ2n) is 5.00. The van der Waals surface area contributed by atoms with Gasteiger partial charge in [-0.3, -0.25) is 4.98 Å². The largest absolute Gasteiger partial charge is 0.337 e. The molecule has 5 nitrogen and oxygen atoms in total. The lowest BCUT2D eigenvalue weighted by molar-refractivity contribution is 0.207. The number of halogens is 1. The number of pyridine rings is 1. The molecule has 100 valence electrons. The lowest BCUT2D eigenvalue weighted by Gasteiger charge is -2.31. The monoisotopic (exact) mass is 322 g/mol. The van der Waals surface area contributed by atoms with Crippen molar-refractivity contribution in [3.63, 3.8) is 0 Å². The first kappa shape index (κ1) is 12.7. The van der Waals surface area contributed by atoms with Crippen molar-refractivity contribution in [1.82, 2.24) is 20.4 Å². The molecule has 19 heavy (non-hydrogen) atoms. The van der Waals surface area contributed by atoms with E-state index < -0.39 is 0 Å². The zero-order chi connectivity index (χ0) is 13.3. The van der Waals surface area contributed by atoms with Crippen molar-refractivity contribution < 1.29 is 4.52 Å². The summed E-state index contributed by atoms with van der Waals surface area (Å²) < 4.78 is 6.35. The van der Waals surface area contributed by atoms with Crippen LogP contribution in [-0.2, 0) is 5.54 Å². The van der Waals surface area contributed by atoms with Crippen molar-refractivity contribution >= 4 is 15.9 Å². The maximum Gasteiger partial charge on any atom is 0.247 e. The Morgan fingerprint density at radius 3 is 2.95 bits per heavy atom. The summed E-state index contributed by atoms with van der Waals surface area (Å²) in [5, 5.41) is 7.49. The maximum absolute atomic E-state index is 5.42. The lowest BCUT2D eigenvalue weighted by Crippen LogP contribution is -2.43. The van der Waals surface area contributed by atoms with Gasteiger partial charge in [0.05, 0.1) is 5.54 Å². The average molecular weight is 323 g/mol. The van der Waals surface area contributed by atoms with Crippen LogP contribution in [0.5, 0.6) is 0 Å². The standard InChI is InChI=1S/C13H15BrN4O/c1-13(6-2-3-7-16-13)12-17-11(18-19-12)10-5-4-9(14)8-15-10/h4-5,8,16H,2-3,6-7H2,1H3. The predicted octanol–water partition coefficient (Wildman–Crippen LogP) is 2.88. The van der Waals surface area contributed by atoms with Gasteiger partial charge in [-0.1, -0.05) is 5.16 Å². The van der Waals surface area contributed by atoms with Gasteiger partial charge in [0.2, 0.25) is 11.7 Å². The highest BCUT2D eigenvalue weighted by Crippen LogP contribution is 2.29. The van der Waals surface area contributed by atoms with E-state index in [4.69, 9.17) is 4.52 Å². The number of aromatic nitrogens is 3. The Labute approximate surface area is 119 Å². The third kappa shape index (κ3) is 2.55. The summed E-state index contributed by atoms with van der Waals surface area (Å²) in [6.45, 7) is 3.10. The molecule has 0 spiro atoms.